The van der Waals surface area contributed by atoms with E-state index >= 15 is 0 Å². The molecule has 2 N–H and O–H groups in total. The van der Waals surface area contributed by atoms with Gasteiger partial charge in [0.05, 0.1) is 17.3 Å². The molecule has 0 unspecified atom stereocenters. The fourth-order valence-electron chi connectivity index (χ4n) is 2.84. The SMILES string of the molecule is Cc1ccc(-c2c(-c3ccc(S(=O)(=O)CCO)cc3)n[nH]c2C(F)(F)F)cc1Cl. The molecule has 1 heterocycles. The van der Waals surface area contributed by atoms with Crippen molar-refractivity contribution in [1.29, 1.82) is 0 Å². The molecule has 10 heteroatoms. The van der Waals surface area contributed by atoms with Crippen LogP contribution >= 0.6 is 11.6 Å². The van der Waals surface area contributed by atoms with Crippen LogP contribution in [0.4, 0.5) is 13.2 Å². The van der Waals surface area contributed by atoms with Crippen LogP contribution in [0, 0.1) is 6.92 Å². The van der Waals surface area contributed by atoms with E-state index in [0.717, 1.165) is 0 Å². The van der Waals surface area contributed by atoms with Crippen molar-refractivity contribution >= 4 is 21.4 Å². The molecule has 0 radical (unpaired) electrons. The van der Waals surface area contributed by atoms with Gasteiger partial charge >= 0.3 is 6.18 Å². The number of nitrogens with zero attached hydrogens (tertiary/aromatic N) is 1. The fraction of sp³-hybridized carbons (Fsp3) is 0.211. The summed E-state index contributed by atoms with van der Waals surface area (Å²) in [4.78, 5) is -0.0400. The summed E-state index contributed by atoms with van der Waals surface area (Å²) in [6.45, 7) is 1.20. The molecule has 0 aliphatic rings. The summed E-state index contributed by atoms with van der Waals surface area (Å²) in [5.74, 6) is -0.444. The Morgan fingerprint density at radius 3 is 2.28 bits per heavy atom. The lowest BCUT2D eigenvalue weighted by molar-refractivity contribution is -0.140. The topological polar surface area (TPSA) is 83.1 Å². The number of hydrogen-bond donors (Lipinski definition) is 2. The third kappa shape index (κ3) is 4.31. The van der Waals surface area contributed by atoms with Crippen molar-refractivity contribution in [2.75, 3.05) is 12.4 Å². The molecule has 0 saturated carbocycles. The molecule has 0 saturated heterocycles. The Kier molecular flexibility index (Phi) is 5.75. The van der Waals surface area contributed by atoms with Gasteiger partial charge in [-0.1, -0.05) is 35.9 Å². The molecule has 0 bridgehead atoms. The lowest BCUT2D eigenvalue weighted by Crippen LogP contribution is -2.09. The number of aromatic nitrogens is 2. The second kappa shape index (κ2) is 7.81. The number of aromatic amines is 1. The minimum Gasteiger partial charge on any atom is -0.395 e. The molecule has 0 atom stereocenters. The van der Waals surface area contributed by atoms with Crippen LogP contribution in [0.5, 0.6) is 0 Å². The number of benzene rings is 2. The minimum absolute atomic E-state index is 0.0170. The predicted molar refractivity (Wildman–Crippen MR) is 103 cm³/mol. The highest BCUT2D eigenvalue weighted by atomic mass is 35.5. The van der Waals surface area contributed by atoms with Crippen molar-refractivity contribution in [2.45, 2.75) is 18.0 Å². The van der Waals surface area contributed by atoms with Crippen LogP contribution in [0.2, 0.25) is 5.02 Å². The second-order valence-corrected chi connectivity index (χ2v) is 8.87. The van der Waals surface area contributed by atoms with E-state index in [2.05, 4.69) is 5.10 Å². The monoisotopic (exact) mass is 444 g/mol. The zero-order valence-electron chi connectivity index (χ0n) is 15.1. The highest BCUT2D eigenvalue weighted by Gasteiger charge is 2.38. The average Bonchev–Trinajstić information content (AvgIpc) is 3.09. The number of aliphatic hydroxyl groups excluding tert-OH is 1. The van der Waals surface area contributed by atoms with Gasteiger partial charge < -0.3 is 5.11 Å². The van der Waals surface area contributed by atoms with Gasteiger partial charge in [-0.15, -0.1) is 0 Å². The number of rotatable bonds is 5. The number of H-pyrrole nitrogens is 1. The van der Waals surface area contributed by atoms with Crippen LogP contribution in [0.1, 0.15) is 11.3 Å². The lowest BCUT2D eigenvalue weighted by Gasteiger charge is -2.11. The number of alkyl halides is 3. The molecule has 0 aliphatic heterocycles. The van der Waals surface area contributed by atoms with E-state index in [9.17, 15) is 21.6 Å². The van der Waals surface area contributed by atoms with Crippen molar-refractivity contribution < 1.29 is 26.7 Å². The van der Waals surface area contributed by atoms with Crippen LogP contribution in [0.15, 0.2) is 47.4 Å². The maximum atomic E-state index is 13.5. The Morgan fingerprint density at radius 2 is 1.72 bits per heavy atom. The molecule has 1 aromatic heterocycles. The van der Waals surface area contributed by atoms with Gasteiger partial charge in [0.25, 0.3) is 0 Å². The van der Waals surface area contributed by atoms with E-state index in [4.69, 9.17) is 16.7 Å². The number of halogens is 4. The first-order valence-electron chi connectivity index (χ1n) is 8.40. The van der Waals surface area contributed by atoms with Gasteiger partial charge in [-0.05, 0) is 36.2 Å². The zero-order chi connectivity index (χ0) is 21.4. The summed E-state index contributed by atoms with van der Waals surface area (Å²) in [6, 6.07) is 9.85. The van der Waals surface area contributed by atoms with E-state index in [1.807, 2.05) is 5.10 Å². The molecule has 154 valence electrons. The van der Waals surface area contributed by atoms with Crippen molar-refractivity contribution in [1.82, 2.24) is 10.2 Å². The van der Waals surface area contributed by atoms with Crippen molar-refractivity contribution in [3.05, 3.63) is 58.7 Å². The van der Waals surface area contributed by atoms with Crippen LogP contribution < -0.4 is 0 Å². The van der Waals surface area contributed by atoms with Gasteiger partial charge in [0.15, 0.2) is 9.84 Å². The van der Waals surface area contributed by atoms with E-state index < -0.39 is 34.1 Å². The van der Waals surface area contributed by atoms with Crippen molar-refractivity contribution in [3.8, 4) is 22.4 Å². The van der Waals surface area contributed by atoms with Crippen molar-refractivity contribution in [2.24, 2.45) is 0 Å². The Bertz CT molecular complexity index is 1140. The van der Waals surface area contributed by atoms with Crippen LogP contribution in [-0.4, -0.2) is 36.1 Å². The normalized spacial score (nSPS) is 12.3. The average molecular weight is 445 g/mol. The summed E-state index contributed by atoms with van der Waals surface area (Å²) < 4.78 is 64.7. The molecule has 5 nitrogen and oxygen atoms in total. The molecule has 3 aromatic rings. The van der Waals surface area contributed by atoms with E-state index in [0.29, 0.717) is 16.1 Å². The molecule has 29 heavy (non-hydrogen) atoms. The quantitative estimate of drug-likeness (QED) is 0.607. The third-order valence-corrected chi connectivity index (χ3v) is 6.47. The Balaban J connectivity index is 2.15. The first kappa shape index (κ1) is 21.4. The smallest absolute Gasteiger partial charge is 0.395 e. The summed E-state index contributed by atoms with van der Waals surface area (Å²) >= 11 is 6.10. The first-order valence-corrected chi connectivity index (χ1v) is 10.4. The standard InChI is InChI=1S/C19H16ClF3N2O3S/c1-11-2-3-13(10-15(11)20)16-17(24-25-18(16)19(21,22)23)12-4-6-14(7-5-12)29(27,28)9-8-26/h2-7,10,26H,8-9H2,1H3,(H,24,25). The van der Waals surface area contributed by atoms with E-state index in [1.165, 1.54) is 36.4 Å². The molecule has 0 aliphatic carbocycles. The summed E-state index contributed by atoms with van der Waals surface area (Å²) in [5.41, 5.74) is 0.0608. The zero-order valence-corrected chi connectivity index (χ0v) is 16.7. The second-order valence-electron chi connectivity index (χ2n) is 6.35. The maximum Gasteiger partial charge on any atom is 0.433 e. The Morgan fingerprint density at radius 1 is 1.10 bits per heavy atom. The molecule has 2 aromatic carbocycles. The number of aryl methyl sites for hydroxylation is 1. The highest BCUT2D eigenvalue weighted by molar-refractivity contribution is 7.91. The Hall–Kier alpha value is -2.36. The number of aliphatic hydroxyl groups is 1. The highest BCUT2D eigenvalue weighted by Crippen LogP contribution is 2.42. The van der Waals surface area contributed by atoms with Gasteiger partial charge in [-0.25, -0.2) is 8.42 Å². The molecule has 0 fully saturated rings. The van der Waals surface area contributed by atoms with E-state index in [1.54, 1.807) is 13.0 Å². The summed E-state index contributed by atoms with van der Waals surface area (Å²) in [5, 5.41) is 15.1. The van der Waals surface area contributed by atoms with Crippen molar-refractivity contribution in [3.63, 3.8) is 0 Å². The van der Waals surface area contributed by atoms with E-state index in [-0.39, 0.29) is 21.7 Å². The van der Waals surface area contributed by atoms with Gasteiger partial charge in [0.1, 0.15) is 11.4 Å². The molecular formula is C19H16ClF3N2O3S. The van der Waals surface area contributed by atoms with Gasteiger partial charge in [-0.2, -0.15) is 18.3 Å². The third-order valence-electron chi connectivity index (χ3n) is 4.36. The summed E-state index contributed by atoms with van der Waals surface area (Å²) in [7, 11) is -3.68. The Labute approximate surface area is 170 Å². The predicted octanol–water partition coefficient (Wildman–Crippen LogP) is 4.49. The summed E-state index contributed by atoms with van der Waals surface area (Å²) in [6.07, 6.45) is -4.68. The number of nitrogens with one attached hydrogen (secondary N) is 1. The van der Waals surface area contributed by atoms with Crippen LogP contribution in [0.25, 0.3) is 22.4 Å². The molecule has 0 spiro atoms. The number of hydrogen-bond acceptors (Lipinski definition) is 4. The number of sulfone groups is 1. The van der Waals surface area contributed by atoms with Gasteiger partial charge in [0, 0.05) is 16.1 Å². The molecule has 0 amide bonds. The minimum atomic E-state index is -4.68. The maximum absolute atomic E-state index is 13.5. The largest absolute Gasteiger partial charge is 0.433 e. The van der Waals surface area contributed by atoms with Crippen LogP contribution in [-0.2, 0) is 16.0 Å². The first-order chi connectivity index (χ1) is 13.5. The molecular weight excluding hydrogens is 429 g/mol. The van der Waals surface area contributed by atoms with Crippen LogP contribution in [0.3, 0.4) is 0 Å². The van der Waals surface area contributed by atoms with Gasteiger partial charge in [0.2, 0.25) is 0 Å². The molecule has 3 rings (SSSR count). The van der Waals surface area contributed by atoms with Gasteiger partial charge in [-0.3, -0.25) is 5.10 Å². The lowest BCUT2D eigenvalue weighted by atomic mass is 9.98. The fourth-order valence-corrected chi connectivity index (χ4v) is 4.05.